The van der Waals surface area contributed by atoms with Gasteiger partial charge in [0.05, 0.1) is 18.1 Å². The second-order valence-electron chi connectivity index (χ2n) is 10.2. The van der Waals surface area contributed by atoms with Crippen molar-refractivity contribution in [1.82, 2.24) is 9.80 Å². The Balaban J connectivity index is 1.59. The van der Waals surface area contributed by atoms with Gasteiger partial charge in [-0.1, -0.05) is 6.92 Å². The third-order valence-electron chi connectivity index (χ3n) is 7.15. The average molecular weight is 566 g/mol. The van der Waals surface area contributed by atoms with Crippen LogP contribution >= 0.6 is 0 Å². The quantitative estimate of drug-likeness (QED) is 0.574. The van der Waals surface area contributed by atoms with Gasteiger partial charge in [0.2, 0.25) is 6.79 Å². The van der Waals surface area contributed by atoms with Crippen LogP contribution in [0.25, 0.3) is 0 Å². The van der Waals surface area contributed by atoms with Gasteiger partial charge in [0.1, 0.15) is 12.4 Å². The van der Waals surface area contributed by atoms with E-state index in [0.717, 1.165) is 0 Å². The summed E-state index contributed by atoms with van der Waals surface area (Å²) in [7, 11) is 3.15. The van der Waals surface area contributed by atoms with Crippen molar-refractivity contribution in [2.24, 2.45) is 5.92 Å². The van der Waals surface area contributed by atoms with Crippen molar-refractivity contribution in [1.29, 1.82) is 0 Å². The number of methoxy groups -OCH3 is 1. The molecule has 12 heteroatoms. The number of rotatable bonds is 5. The molecule has 2 heterocycles. The second kappa shape index (κ2) is 12.3. The summed E-state index contributed by atoms with van der Waals surface area (Å²) in [6, 6.07) is 9.17. The van der Waals surface area contributed by atoms with Crippen LogP contribution in [0.5, 0.6) is 17.2 Å². The van der Waals surface area contributed by atoms with Crippen LogP contribution in [-0.2, 0) is 4.74 Å². The molecule has 2 aliphatic heterocycles. The van der Waals surface area contributed by atoms with Gasteiger partial charge < -0.3 is 29.2 Å². The molecule has 2 aromatic rings. The summed E-state index contributed by atoms with van der Waals surface area (Å²) < 4.78 is 61.4. The molecule has 218 valence electrons. The van der Waals surface area contributed by atoms with Gasteiger partial charge in [-0.3, -0.25) is 14.5 Å². The lowest BCUT2D eigenvalue weighted by atomic mass is 10.0. The first kappa shape index (κ1) is 29.5. The Kier molecular flexibility index (Phi) is 9.09. The summed E-state index contributed by atoms with van der Waals surface area (Å²) in [6.07, 6.45) is -5.63. The molecule has 4 rings (SSSR count). The highest BCUT2D eigenvalue weighted by molar-refractivity contribution is 6.06. The molecule has 2 aliphatic rings. The number of amides is 2. The summed E-state index contributed by atoms with van der Waals surface area (Å²) in [5, 5.41) is 2.79. The number of anilines is 1. The van der Waals surface area contributed by atoms with Crippen molar-refractivity contribution in [3.05, 3.63) is 47.5 Å². The Morgan fingerprint density at radius 2 is 1.77 bits per heavy atom. The summed E-state index contributed by atoms with van der Waals surface area (Å²) in [5.41, 5.74) is 0.930. The highest BCUT2D eigenvalue weighted by Gasteiger charge is 2.32. The molecule has 9 nitrogen and oxygen atoms in total. The maximum absolute atomic E-state index is 13.5. The number of fused-ring (bicyclic) bond motifs is 2. The van der Waals surface area contributed by atoms with Crippen LogP contribution in [0.4, 0.5) is 18.9 Å². The molecule has 0 spiro atoms. The largest absolute Gasteiger partial charge is 0.491 e. The lowest BCUT2D eigenvalue weighted by molar-refractivity contribution is -0.140. The minimum atomic E-state index is -4.28. The van der Waals surface area contributed by atoms with Crippen LogP contribution in [0.2, 0.25) is 0 Å². The molecule has 40 heavy (non-hydrogen) atoms. The van der Waals surface area contributed by atoms with E-state index in [9.17, 15) is 22.8 Å². The van der Waals surface area contributed by atoms with Gasteiger partial charge in [-0.05, 0) is 49.2 Å². The maximum Gasteiger partial charge on any atom is 0.390 e. The van der Waals surface area contributed by atoms with Crippen molar-refractivity contribution < 1.29 is 41.7 Å². The fourth-order valence-corrected chi connectivity index (χ4v) is 4.75. The monoisotopic (exact) mass is 565 g/mol. The zero-order valence-electron chi connectivity index (χ0n) is 22.9. The van der Waals surface area contributed by atoms with E-state index < -0.39 is 24.6 Å². The third kappa shape index (κ3) is 7.16. The topological polar surface area (TPSA) is 89.6 Å². The van der Waals surface area contributed by atoms with Crippen molar-refractivity contribution in [2.75, 3.05) is 52.5 Å². The zero-order chi connectivity index (χ0) is 29.0. The van der Waals surface area contributed by atoms with Gasteiger partial charge in [-0.2, -0.15) is 13.2 Å². The maximum atomic E-state index is 13.5. The number of carbonyl (C=O) groups excluding carboxylic acids is 2. The van der Waals surface area contributed by atoms with E-state index in [4.69, 9.17) is 18.9 Å². The van der Waals surface area contributed by atoms with Gasteiger partial charge in [-0.25, -0.2) is 0 Å². The van der Waals surface area contributed by atoms with E-state index in [1.807, 2.05) is 6.92 Å². The highest BCUT2D eigenvalue weighted by atomic mass is 19.4. The first-order valence-corrected chi connectivity index (χ1v) is 13.0. The molecule has 0 unspecified atom stereocenters. The fourth-order valence-electron chi connectivity index (χ4n) is 4.75. The molecule has 3 atom stereocenters. The normalized spacial score (nSPS) is 22.1. The summed E-state index contributed by atoms with van der Waals surface area (Å²) in [5.74, 6) is 0.374. The second-order valence-corrected chi connectivity index (χ2v) is 10.2. The fraction of sp³-hybridized carbons (Fsp3) is 0.500. The van der Waals surface area contributed by atoms with Crippen LogP contribution in [-0.4, -0.2) is 87.1 Å². The van der Waals surface area contributed by atoms with Crippen molar-refractivity contribution >= 4 is 17.5 Å². The molecule has 0 saturated heterocycles. The van der Waals surface area contributed by atoms with Gasteiger partial charge in [-0.15, -0.1) is 0 Å². The number of alkyl halides is 3. The van der Waals surface area contributed by atoms with Crippen LogP contribution in [0.15, 0.2) is 36.4 Å². The number of likely N-dealkylation sites (N-methyl/N-ethyl adjacent to an activating group) is 1. The molecule has 2 aromatic carbocycles. The SMILES string of the molecule is CO[C@@H]1CN(C)C(=O)c2cc(NC(=O)c3ccc4c(c3)OCO4)ccc2OC[C@H](C)N(CCC(F)(F)F)C[C@H]1C. The third-order valence-corrected chi connectivity index (χ3v) is 7.15. The molecule has 0 saturated carbocycles. The van der Waals surface area contributed by atoms with Crippen LogP contribution in [0.1, 0.15) is 41.0 Å². The number of hydrogen-bond acceptors (Lipinski definition) is 7. The smallest absolute Gasteiger partial charge is 0.390 e. The van der Waals surface area contributed by atoms with E-state index in [1.54, 1.807) is 49.2 Å². The number of nitrogens with zero attached hydrogens (tertiary/aromatic N) is 2. The Labute approximate surface area is 231 Å². The molecule has 2 amide bonds. The Morgan fingerprint density at radius 3 is 2.50 bits per heavy atom. The first-order chi connectivity index (χ1) is 18.9. The van der Waals surface area contributed by atoms with Gasteiger partial charge in [0, 0.05) is 51.1 Å². The molecular weight excluding hydrogens is 531 g/mol. The molecular formula is C28H34F3N3O6. The van der Waals surface area contributed by atoms with Gasteiger partial charge in [0.25, 0.3) is 11.8 Å². The van der Waals surface area contributed by atoms with E-state index in [1.165, 1.54) is 18.1 Å². The molecule has 0 radical (unpaired) electrons. The minimum absolute atomic E-state index is 0.0646. The number of benzene rings is 2. The lowest BCUT2D eigenvalue weighted by Gasteiger charge is -2.36. The summed E-state index contributed by atoms with van der Waals surface area (Å²) in [4.78, 5) is 29.7. The molecule has 1 N–H and O–H groups in total. The Hall–Kier alpha value is -3.51. The van der Waals surface area contributed by atoms with E-state index in [0.29, 0.717) is 29.3 Å². The van der Waals surface area contributed by atoms with E-state index in [2.05, 4.69) is 5.32 Å². The number of carbonyl (C=O) groups is 2. The van der Waals surface area contributed by atoms with Crippen LogP contribution in [0.3, 0.4) is 0 Å². The summed E-state index contributed by atoms with van der Waals surface area (Å²) in [6.45, 7) is 4.22. The Morgan fingerprint density at radius 1 is 1.05 bits per heavy atom. The number of nitrogens with one attached hydrogen (secondary N) is 1. The van der Waals surface area contributed by atoms with Crippen LogP contribution in [0, 0.1) is 5.92 Å². The van der Waals surface area contributed by atoms with Crippen molar-refractivity contribution in [3.8, 4) is 17.2 Å². The predicted molar refractivity (Wildman–Crippen MR) is 141 cm³/mol. The van der Waals surface area contributed by atoms with Crippen LogP contribution < -0.4 is 19.5 Å². The van der Waals surface area contributed by atoms with Gasteiger partial charge >= 0.3 is 6.18 Å². The molecule has 0 fully saturated rings. The Bertz CT molecular complexity index is 1220. The zero-order valence-corrected chi connectivity index (χ0v) is 22.9. The summed E-state index contributed by atoms with van der Waals surface area (Å²) >= 11 is 0. The van der Waals surface area contributed by atoms with E-state index >= 15 is 0 Å². The molecule has 0 aliphatic carbocycles. The standard InChI is InChI=1S/C28H34F3N3O6/c1-17-13-34(10-9-28(29,30)31)18(2)15-38-22-8-6-20(12-21(22)27(36)33(3)14-25(17)37-4)32-26(35)19-5-7-23-24(11-19)40-16-39-23/h5-8,11-12,17-18,25H,9-10,13-16H2,1-4H3,(H,32,35)/t17-,18+,25-/m1/s1. The molecule has 0 aromatic heterocycles. The minimum Gasteiger partial charge on any atom is -0.491 e. The molecule has 0 bridgehead atoms. The van der Waals surface area contributed by atoms with Crippen molar-refractivity contribution in [3.63, 3.8) is 0 Å². The lowest BCUT2D eigenvalue weighted by Crippen LogP contribution is -2.47. The highest BCUT2D eigenvalue weighted by Crippen LogP contribution is 2.33. The first-order valence-electron chi connectivity index (χ1n) is 13.0. The van der Waals surface area contributed by atoms with E-state index in [-0.39, 0.29) is 55.7 Å². The number of hydrogen-bond donors (Lipinski definition) is 1. The number of ether oxygens (including phenoxy) is 4. The average Bonchev–Trinajstić information content (AvgIpc) is 3.39. The van der Waals surface area contributed by atoms with Crippen molar-refractivity contribution in [2.45, 2.75) is 38.6 Å². The number of halogens is 3. The predicted octanol–water partition coefficient (Wildman–Crippen LogP) is 4.43. The van der Waals surface area contributed by atoms with Gasteiger partial charge in [0.15, 0.2) is 11.5 Å².